The molecule has 0 unspecified atom stereocenters. The van der Waals surface area contributed by atoms with Gasteiger partial charge in [-0.3, -0.25) is 4.79 Å². The average molecular weight is 396 g/mol. The molecule has 0 saturated heterocycles. The fourth-order valence-electron chi connectivity index (χ4n) is 2.63. The van der Waals surface area contributed by atoms with E-state index in [-0.39, 0.29) is 5.91 Å². The highest BCUT2D eigenvalue weighted by molar-refractivity contribution is 5.96. The van der Waals surface area contributed by atoms with Crippen LogP contribution in [0.1, 0.15) is 43.6 Å². The maximum absolute atomic E-state index is 12.6. The number of ether oxygens (including phenoxy) is 3. The van der Waals surface area contributed by atoms with Crippen LogP contribution in [-0.4, -0.2) is 31.9 Å². The number of allylic oxidation sites excluding steroid dienone is 1. The zero-order valence-corrected chi connectivity index (χ0v) is 17.4. The Labute approximate surface area is 172 Å². The van der Waals surface area contributed by atoms with E-state index in [0.717, 1.165) is 11.1 Å². The van der Waals surface area contributed by atoms with Gasteiger partial charge in [0.05, 0.1) is 26.0 Å². The van der Waals surface area contributed by atoms with Crippen LogP contribution in [0, 0.1) is 0 Å². The fourth-order valence-corrected chi connectivity index (χ4v) is 2.63. The summed E-state index contributed by atoms with van der Waals surface area (Å²) in [4.78, 5) is 12.6. The van der Waals surface area contributed by atoms with Crippen LogP contribution in [0.15, 0.2) is 53.1 Å². The summed E-state index contributed by atoms with van der Waals surface area (Å²) in [6.07, 6.45) is 3.58. The molecule has 1 N–H and O–H groups in total. The van der Waals surface area contributed by atoms with Gasteiger partial charge < -0.3 is 14.2 Å². The van der Waals surface area contributed by atoms with Crippen LogP contribution in [0.25, 0.3) is 6.08 Å². The summed E-state index contributed by atoms with van der Waals surface area (Å²) in [6.45, 7) is 8.88. The van der Waals surface area contributed by atoms with E-state index in [4.69, 9.17) is 14.2 Å². The molecule has 6 nitrogen and oxygen atoms in total. The highest BCUT2D eigenvalue weighted by atomic mass is 16.5. The number of nitrogens with one attached hydrogen (secondary N) is 1. The van der Waals surface area contributed by atoms with Gasteiger partial charge >= 0.3 is 0 Å². The van der Waals surface area contributed by atoms with Crippen molar-refractivity contribution in [3.63, 3.8) is 0 Å². The second kappa shape index (κ2) is 11.5. The zero-order chi connectivity index (χ0) is 21.1. The van der Waals surface area contributed by atoms with Crippen LogP contribution in [0.4, 0.5) is 0 Å². The monoisotopic (exact) mass is 396 g/mol. The van der Waals surface area contributed by atoms with E-state index in [1.807, 2.05) is 64.1 Å². The number of hydrogen-bond acceptors (Lipinski definition) is 5. The van der Waals surface area contributed by atoms with Crippen molar-refractivity contribution < 1.29 is 19.0 Å². The molecule has 154 valence electrons. The van der Waals surface area contributed by atoms with Crippen molar-refractivity contribution in [3.05, 3.63) is 59.2 Å². The van der Waals surface area contributed by atoms with Crippen molar-refractivity contribution in [2.75, 3.05) is 19.8 Å². The Bertz CT molecular complexity index is 833. The van der Waals surface area contributed by atoms with Gasteiger partial charge in [0.25, 0.3) is 5.91 Å². The van der Waals surface area contributed by atoms with Gasteiger partial charge in [-0.2, -0.15) is 5.10 Å². The highest BCUT2D eigenvalue weighted by Gasteiger charge is 2.18. The SMILES string of the molecule is CCOc1cc(C(=O)NN=CC(C)=Cc2ccccc2)cc(OCC)c1OCC. The van der Waals surface area contributed by atoms with Crippen molar-refractivity contribution in [1.29, 1.82) is 0 Å². The molecule has 0 saturated carbocycles. The van der Waals surface area contributed by atoms with E-state index >= 15 is 0 Å². The van der Waals surface area contributed by atoms with Gasteiger partial charge in [-0.05, 0) is 51.0 Å². The molecule has 29 heavy (non-hydrogen) atoms. The Hall–Kier alpha value is -3.28. The molecule has 1 amide bonds. The number of rotatable bonds is 10. The molecule has 0 heterocycles. The quantitative estimate of drug-likeness (QED) is 0.467. The summed E-state index contributed by atoms with van der Waals surface area (Å²) in [5, 5.41) is 4.05. The maximum Gasteiger partial charge on any atom is 0.271 e. The summed E-state index contributed by atoms with van der Waals surface area (Å²) < 4.78 is 16.9. The van der Waals surface area contributed by atoms with Crippen molar-refractivity contribution in [2.45, 2.75) is 27.7 Å². The minimum Gasteiger partial charge on any atom is -0.490 e. The van der Waals surface area contributed by atoms with Crippen LogP contribution >= 0.6 is 0 Å². The lowest BCUT2D eigenvalue weighted by atomic mass is 10.1. The predicted octanol–water partition coefficient (Wildman–Crippen LogP) is 4.70. The first kappa shape index (κ1) is 22.0. The van der Waals surface area contributed by atoms with E-state index in [1.54, 1.807) is 18.3 Å². The Balaban J connectivity index is 2.17. The summed E-state index contributed by atoms with van der Waals surface area (Å²) >= 11 is 0. The molecule has 2 aromatic carbocycles. The number of benzene rings is 2. The normalized spacial score (nSPS) is 11.4. The molecule has 0 aliphatic heterocycles. The fraction of sp³-hybridized carbons (Fsp3) is 0.304. The average Bonchev–Trinajstić information content (AvgIpc) is 2.71. The van der Waals surface area contributed by atoms with Crippen molar-refractivity contribution in [3.8, 4) is 17.2 Å². The zero-order valence-electron chi connectivity index (χ0n) is 17.4. The molecule has 0 aliphatic carbocycles. The Kier molecular flexibility index (Phi) is 8.76. The molecule has 0 atom stereocenters. The van der Waals surface area contributed by atoms with Gasteiger partial charge in [-0.25, -0.2) is 5.43 Å². The number of carbonyl (C=O) groups excluding carboxylic acids is 1. The van der Waals surface area contributed by atoms with E-state index in [2.05, 4.69) is 10.5 Å². The lowest BCUT2D eigenvalue weighted by Gasteiger charge is -2.16. The van der Waals surface area contributed by atoms with E-state index in [1.165, 1.54) is 0 Å². The van der Waals surface area contributed by atoms with Gasteiger partial charge in [0.15, 0.2) is 11.5 Å². The molecule has 2 rings (SSSR count). The lowest BCUT2D eigenvalue weighted by Crippen LogP contribution is -2.18. The van der Waals surface area contributed by atoms with Crippen LogP contribution in [-0.2, 0) is 0 Å². The Morgan fingerprint density at radius 2 is 1.55 bits per heavy atom. The first-order valence-electron chi connectivity index (χ1n) is 9.72. The maximum atomic E-state index is 12.6. The van der Waals surface area contributed by atoms with Gasteiger partial charge in [0.1, 0.15) is 0 Å². The standard InChI is InChI=1S/C23H28N2O4/c1-5-27-20-14-19(15-21(28-6-2)22(20)29-7-3)23(26)25-24-16-17(4)13-18-11-9-8-10-12-18/h8-16H,5-7H2,1-4H3,(H,25,26). The molecular weight excluding hydrogens is 368 g/mol. The molecule has 0 spiro atoms. The van der Waals surface area contributed by atoms with Crippen molar-refractivity contribution in [1.82, 2.24) is 5.43 Å². The second-order valence-electron chi connectivity index (χ2n) is 6.10. The van der Waals surface area contributed by atoms with Crippen LogP contribution < -0.4 is 19.6 Å². The molecule has 0 radical (unpaired) electrons. The topological polar surface area (TPSA) is 69.2 Å². The lowest BCUT2D eigenvalue weighted by molar-refractivity contribution is 0.0954. The minimum atomic E-state index is -0.362. The van der Waals surface area contributed by atoms with Crippen molar-refractivity contribution in [2.24, 2.45) is 5.10 Å². The van der Waals surface area contributed by atoms with Crippen LogP contribution in [0.5, 0.6) is 17.2 Å². The molecule has 0 aromatic heterocycles. The van der Waals surface area contributed by atoms with Gasteiger partial charge in [0, 0.05) is 5.56 Å². The van der Waals surface area contributed by atoms with Crippen LogP contribution in [0.2, 0.25) is 0 Å². The first-order valence-corrected chi connectivity index (χ1v) is 9.72. The first-order chi connectivity index (χ1) is 14.1. The third-order valence-electron chi connectivity index (χ3n) is 3.80. The minimum absolute atomic E-state index is 0.362. The molecule has 6 heteroatoms. The number of hydrogen-bond donors (Lipinski definition) is 1. The number of amides is 1. The summed E-state index contributed by atoms with van der Waals surface area (Å²) in [5.41, 5.74) is 4.90. The molecule has 0 bridgehead atoms. The Morgan fingerprint density at radius 3 is 2.10 bits per heavy atom. The summed E-state index contributed by atoms with van der Waals surface area (Å²) in [6, 6.07) is 13.2. The molecule has 0 aliphatic rings. The predicted molar refractivity (Wildman–Crippen MR) is 116 cm³/mol. The third-order valence-corrected chi connectivity index (χ3v) is 3.80. The van der Waals surface area contributed by atoms with Crippen LogP contribution in [0.3, 0.4) is 0 Å². The van der Waals surface area contributed by atoms with Crippen molar-refractivity contribution >= 4 is 18.2 Å². The van der Waals surface area contributed by atoms with Gasteiger partial charge in [-0.15, -0.1) is 0 Å². The van der Waals surface area contributed by atoms with E-state index < -0.39 is 0 Å². The van der Waals surface area contributed by atoms with E-state index in [9.17, 15) is 4.79 Å². The smallest absolute Gasteiger partial charge is 0.271 e. The molecular formula is C23H28N2O4. The molecule has 0 fully saturated rings. The molecule has 2 aromatic rings. The van der Waals surface area contributed by atoms with Gasteiger partial charge in [-0.1, -0.05) is 36.4 Å². The highest BCUT2D eigenvalue weighted by Crippen LogP contribution is 2.39. The third kappa shape index (κ3) is 6.68. The van der Waals surface area contributed by atoms with E-state index in [0.29, 0.717) is 42.6 Å². The summed E-state index contributed by atoms with van der Waals surface area (Å²) in [7, 11) is 0. The number of hydrazone groups is 1. The van der Waals surface area contributed by atoms with Gasteiger partial charge in [0.2, 0.25) is 5.75 Å². The number of nitrogens with zero attached hydrogens (tertiary/aromatic N) is 1. The number of carbonyl (C=O) groups is 1. The Morgan fingerprint density at radius 1 is 0.966 bits per heavy atom. The largest absolute Gasteiger partial charge is 0.490 e. The summed E-state index contributed by atoms with van der Waals surface area (Å²) in [5.74, 6) is 1.07. The second-order valence-corrected chi connectivity index (χ2v) is 6.10.